The highest BCUT2D eigenvalue weighted by atomic mass is 35.5. The minimum absolute atomic E-state index is 0.138. The molecule has 1 unspecified atom stereocenters. The largest absolute Gasteiger partial charge is 0.435 e. The van der Waals surface area contributed by atoms with Crippen molar-refractivity contribution >= 4 is 23.4 Å². The van der Waals surface area contributed by atoms with Gasteiger partial charge in [0, 0.05) is 29.1 Å². The number of aromatic nitrogens is 3. The lowest BCUT2D eigenvalue weighted by Gasteiger charge is -2.33. The van der Waals surface area contributed by atoms with E-state index in [4.69, 9.17) is 17.3 Å². The SMILES string of the molecule is CC1(C)Cc2c(c(C(F)(F)F)nn2CC(=O)N[C@@H](Cc2cc(F)cc(F)c2)c2ncccc2-c2ccc(F)c(C(N)=O)c2)C(Cl)C1. The average molecular weight is 664 g/mol. The minimum Gasteiger partial charge on any atom is -0.366 e. The standard InChI is InChI=1S/C32H28ClF6N5O2/c1-31(2)13-22(33)27-25(14-31)44(43-29(27)32(37,38)39)15-26(45)42-24(10-16-8-18(34)12-19(35)9-16)28-20(4-3-7-41-28)17-5-6-23(36)21(11-17)30(40)46/h3-9,11-12,22,24H,10,13-15H2,1-2H3,(H2,40,46)(H,42,45)/t22?,24-/m0/s1. The molecule has 2 atom stereocenters. The molecule has 3 N–H and O–H groups in total. The number of rotatable bonds is 8. The molecule has 0 spiro atoms. The molecule has 0 bridgehead atoms. The second-order valence-electron chi connectivity index (χ2n) is 12.0. The maximum absolute atomic E-state index is 14.3. The number of pyridine rings is 1. The van der Waals surface area contributed by atoms with Gasteiger partial charge in [-0.2, -0.15) is 18.3 Å². The summed E-state index contributed by atoms with van der Waals surface area (Å²) in [6.45, 7) is 3.08. The van der Waals surface area contributed by atoms with Crippen LogP contribution in [0.3, 0.4) is 0 Å². The first-order valence-corrected chi connectivity index (χ1v) is 14.6. The number of hydrogen-bond donors (Lipinski definition) is 2. The fraction of sp³-hybridized carbons (Fsp3) is 0.312. The molecule has 4 aromatic rings. The highest BCUT2D eigenvalue weighted by Crippen LogP contribution is 2.48. The van der Waals surface area contributed by atoms with Crippen molar-refractivity contribution in [3.05, 3.63) is 106 Å². The Morgan fingerprint density at radius 2 is 1.80 bits per heavy atom. The molecule has 0 saturated heterocycles. The molecule has 2 aromatic heterocycles. The summed E-state index contributed by atoms with van der Waals surface area (Å²) in [6.07, 6.45) is -3.16. The van der Waals surface area contributed by atoms with Gasteiger partial charge in [-0.1, -0.05) is 26.0 Å². The topological polar surface area (TPSA) is 103 Å². The molecular formula is C32H28ClF6N5O2. The Balaban J connectivity index is 1.55. The molecule has 1 aliphatic carbocycles. The summed E-state index contributed by atoms with van der Waals surface area (Å²) >= 11 is 6.41. The number of carbonyl (C=O) groups is 2. The Labute approximate surface area is 264 Å². The van der Waals surface area contributed by atoms with Crippen LogP contribution in [0, 0.1) is 22.9 Å². The van der Waals surface area contributed by atoms with Gasteiger partial charge in [-0.05, 0) is 66.1 Å². The van der Waals surface area contributed by atoms with Gasteiger partial charge in [-0.15, -0.1) is 11.6 Å². The van der Waals surface area contributed by atoms with Gasteiger partial charge in [-0.3, -0.25) is 19.3 Å². The lowest BCUT2D eigenvalue weighted by atomic mass is 9.76. The van der Waals surface area contributed by atoms with Gasteiger partial charge < -0.3 is 11.1 Å². The summed E-state index contributed by atoms with van der Waals surface area (Å²) in [7, 11) is 0. The van der Waals surface area contributed by atoms with Crippen LogP contribution in [0.25, 0.3) is 11.1 Å². The molecule has 46 heavy (non-hydrogen) atoms. The average Bonchev–Trinajstić information content (AvgIpc) is 3.30. The highest BCUT2D eigenvalue weighted by Gasteiger charge is 2.45. The number of hydrogen-bond acceptors (Lipinski definition) is 4. The van der Waals surface area contributed by atoms with E-state index in [0.29, 0.717) is 17.2 Å². The molecule has 0 saturated carbocycles. The van der Waals surface area contributed by atoms with Crippen LogP contribution in [0.2, 0.25) is 0 Å². The molecule has 2 amide bonds. The Morgan fingerprint density at radius 1 is 1.11 bits per heavy atom. The van der Waals surface area contributed by atoms with Crippen LogP contribution >= 0.6 is 11.6 Å². The first kappa shape index (κ1) is 33.0. The Hall–Kier alpha value is -4.39. The second-order valence-corrected chi connectivity index (χ2v) is 12.5. The molecule has 5 rings (SSSR count). The van der Waals surface area contributed by atoms with E-state index in [1.165, 1.54) is 18.3 Å². The molecule has 2 heterocycles. The molecule has 2 aromatic carbocycles. The van der Waals surface area contributed by atoms with Gasteiger partial charge in [-0.25, -0.2) is 13.2 Å². The fourth-order valence-corrected chi connectivity index (χ4v) is 6.50. The molecule has 7 nitrogen and oxygen atoms in total. The van der Waals surface area contributed by atoms with Crippen molar-refractivity contribution in [3.63, 3.8) is 0 Å². The van der Waals surface area contributed by atoms with Gasteiger partial charge in [0.05, 0.1) is 22.7 Å². The van der Waals surface area contributed by atoms with Crippen molar-refractivity contribution in [2.75, 3.05) is 0 Å². The predicted molar refractivity (Wildman–Crippen MR) is 157 cm³/mol. The number of halogens is 7. The lowest BCUT2D eigenvalue weighted by molar-refractivity contribution is -0.142. The van der Waals surface area contributed by atoms with Crippen molar-refractivity contribution in [3.8, 4) is 11.1 Å². The zero-order chi connectivity index (χ0) is 33.6. The number of nitrogens with two attached hydrogens (primary N) is 1. The molecule has 0 fully saturated rings. The molecular weight excluding hydrogens is 636 g/mol. The third-order valence-electron chi connectivity index (χ3n) is 7.76. The van der Waals surface area contributed by atoms with Crippen LogP contribution in [-0.2, 0) is 30.4 Å². The van der Waals surface area contributed by atoms with Crippen molar-refractivity contribution in [1.82, 2.24) is 20.1 Å². The summed E-state index contributed by atoms with van der Waals surface area (Å²) in [4.78, 5) is 29.8. The number of amides is 2. The molecule has 0 radical (unpaired) electrons. The smallest absolute Gasteiger partial charge is 0.366 e. The number of alkyl halides is 4. The molecule has 1 aliphatic rings. The minimum atomic E-state index is -4.81. The van der Waals surface area contributed by atoms with Gasteiger partial charge in [0.1, 0.15) is 24.0 Å². The van der Waals surface area contributed by atoms with Crippen LogP contribution in [0.4, 0.5) is 26.3 Å². The Kier molecular flexibility index (Phi) is 8.91. The summed E-state index contributed by atoms with van der Waals surface area (Å²) in [5, 5.41) is 5.51. The Bertz CT molecular complexity index is 1800. The zero-order valence-electron chi connectivity index (χ0n) is 24.6. The van der Waals surface area contributed by atoms with Crippen LogP contribution in [-0.4, -0.2) is 26.6 Å². The van der Waals surface area contributed by atoms with E-state index in [0.717, 1.165) is 22.9 Å². The van der Waals surface area contributed by atoms with Crippen molar-refractivity contribution in [2.24, 2.45) is 11.1 Å². The Morgan fingerprint density at radius 3 is 2.46 bits per heavy atom. The van der Waals surface area contributed by atoms with Crippen LogP contribution < -0.4 is 11.1 Å². The number of primary amides is 1. The van der Waals surface area contributed by atoms with Crippen molar-refractivity contribution in [2.45, 2.75) is 57.2 Å². The monoisotopic (exact) mass is 663 g/mol. The third kappa shape index (κ3) is 7.04. The van der Waals surface area contributed by atoms with Crippen molar-refractivity contribution in [1.29, 1.82) is 0 Å². The number of carbonyl (C=O) groups excluding carboxylic acids is 2. The number of benzene rings is 2. The van der Waals surface area contributed by atoms with E-state index in [2.05, 4.69) is 15.4 Å². The van der Waals surface area contributed by atoms with E-state index >= 15 is 0 Å². The maximum atomic E-state index is 14.3. The zero-order valence-corrected chi connectivity index (χ0v) is 25.3. The van der Waals surface area contributed by atoms with Crippen molar-refractivity contribution < 1.29 is 35.9 Å². The normalized spacial score (nSPS) is 16.5. The molecule has 0 aliphatic heterocycles. The van der Waals surface area contributed by atoms with E-state index in [1.807, 2.05) is 13.8 Å². The lowest BCUT2D eigenvalue weighted by Crippen LogP contribution is -2.35. The van der Waals surface area contributed by atoms with E-state index in [1.54, 1.807) is 12.1 Å². The molecule has 242 valence electrons. The third-order valence-corrected chi connectivity index (χ3v) is 8.13. The number of nitrogens with zero attached hydrogens (tertiary/aromatic N) is 3. The summed E-state index contributed by atoms with van der Waals surface area (Å²) < 4.78 is 85.5. The summed E-state index contributed by atoms with van der Waals surface area (Å²) in [5.74, 6) is -4.39. The second kappa shape index (κ2) is 12.4. The first-order valence-electron chi connectivity index (χ1n) is 14.1. The molecule has 14 heteroatoms. The van der Waals surface area contributed by atoms with E-state index in [-0.39, 0.29) is 41.8 Å². The van der Waals surface area contributed by atoms with Crippen LogP contribution in [0.15, 0.2) is 54.7 Å². The summed E-state index contributed by atoms with van der Waals surface area (Å²) in [5.41, 5.74) is 4.25. The van der Waals surface area contributed by atoms with E-state index in [9.17, 15) is 35.9 Å². The predicted octanol–water partition coefficient (Wildman–Crippen LogP) is 6.83. The summed E-state index contributed by atoms with van der Waals surface area (Å²) in [6, 6.07) is 8.44. The van der Waals surface area contributed by atoms with Crippen LogP contribution in [0.5, 0.6) is 0 Å². The number of fused-ring (bicyclic) bond motifs is 1. The first-order chi connectivity index (χ1) is 21.5. The van der Waals surface area contributed by atoms with Gasteiger partial charge in [0.15, 0.2) is 5.69 Å². The quantitative estimate of drug-likeness (QED) is 0.159. The van der Waals surface area contributed by atoms with Crippen LogP contribution in [0.1, 0.15) is 70.3 Å². The maximum Gasteiger partial charge on any atom is 0.435 e. The van der Waals surface area contributed by atoms with Gasteiger partial charge in [0.25, 0.3) is 5.91 Å². The highest BCUT2D eigenvalue weighted by molar-refractivity contribution is 6.21. The van der Waals surface area contributed by atoms with Gasteiger partial charge >= 0.3 is 6.18 Å². The van der Waals surface area contributed by atoms with Gasteiger partial charge in [0.2, 0.25) is 5.91 Å². The van der Waals surface area contributed by atoms with E-state index < -0.39 is 70.1 Å². The number of nitrogens with one attached hydrogen (secondary N) is 1. The fourth-order valence-electron chi connectivity index (χ4n) is 5.86.